The van der Waals surface area contributed by atoms with E-state index in [1.165, 1.54) is 11.8 Å². The average Bonchev–Trinajstić information content (AvgIpc) is 2.31. The van der Waals surface area contributed by atoms with Crippen LogP contribution >= 0.6 is 27.7 Å². The van der Waals surface area contributed by atoms with Gasteiger partial charge in [-0.15, -0.1) is 0 Å². The van der Waals surface area contributed by atoms with Gasteiger partial charge in [-0.25, -0.2) is 0 Å². The molecular formula is C9H17BrN4O2S. The van der Waals surface area contributed by atoms with E-state index in [9.17, 15) is 9.59 Å². The summed E-state index contributed by atoms with van der Waals surface area (Å²) < 4.78 is 0. The molecule has 0 saturated carbocycles. The first-order valence-corrected chi connectivity index (χ1v) is 6.92. The smallest absolute Gasteiger partial charge is 0.287 e. The summed E-state index contributed by atoms with van der Waals surface area (Å²) in [5.41, 5.74) is 0.412. The number of likely N-dealkylation sites (N-methyl/N-ethyl adjacent to an activating group) is 2. The van der Waals surface area contributed by atoms with E-state index < -0.39 is 0 Å². The third-order valence-corrected chi connectivity index (χ3v) is 3.31. The standard InChI is InChI=1S/C9H17BrN4O2S/c1-12-7(8(15)13-2)5-17-4-6(11)3-14-9(10)16/h7,11-12H,3-5H2,1-2H3,(H,13,15)(H,14,16). The molecular weight excluding hydrogens is 308 g/mol. The van der Waals surface area contributed by atoms with E-state index in [1.807, 2.05) is 0 Å². The van der Waals surface area contributed by atoms with Crippen LogP contribution in [0.2, 0.25) is 0 Å². The number of hydrogen-bond acceptors (Lipinski definition) is 5. The Balaban J connectivity index is 3.77. The molecule has 6 nitrogen and oxygen atoms in total. The van der Waals surface area contributed by atoms with Gasteiger partial charge in [0.15, 0.2) is 0 Å². The summed E-state index contributed by atoms with van der Waals surface area (Å²) in [7, 11) is 3.31. The second-order valence-electron chi connectivity index (χ2n) is 3.20. The van der Waals surface area contributed by atoms with Gasteiger partial charge in [-0.05, 0) is 7.05 Å². The fourth-order valence-corrected chi connectivity index (χ4v) is 2.15. The quantitative estimate of drug-likeness (QED) is 0.291. The fourth-order valence-electron chi connectivity index (χ4n) is 0.992. The normalized spacial score (nSPS) is 11.7. The van der Waals surface area contributed by atoms with Gasteiger partial charge in [-0.3, -0.25) is 9.59 Å². The summed E-state index contributed by atoms with van der Waals surface area (Å²) >= 11 is 4.19. The number of nitrogens with one attached hydrogen (secondary N) is 4. The molecule has 1 unspecified atom stereocenters. The maximum atomic E-state index is 11.3. The van der Waals surface area contributed by atoms with Gasteiger partial charge < -0.3 is 21.4 Å². The van der Waals surface area contributed by atoms with Gasteiger partial charge in [0.05, 0.1) is 12.6 Å². The van der Waals surface area contributed by atoms with Gasteiger partial charge in [-0.1, -0.05) is 0 Å². The lowest BCUT2D eigenvalue weighted by atomic mass is 10.3. The van der Waals surface area contributed by atoms with Crippen LogP contribution in [-0.4, -0.2) is 54.6 Å². The molecule has 17 heavy (non-hydrogen) atoms. The highest BCUT2D eigenvalue weighted by Gasteiger charge is 2.14. The van der Waals surface area contributed by atoms with Crippen molar-refractivity contribution < 1.29 is 9.59 Å². The topological polar surface area (TPSA) is 94.1 Å². The predicted molar refractivity (Wildman–Crippen MR) is 74.3 cm³/mol. The Morgan fingerprint density at radius 3 is 2.53 bits per heavy atom. The van der Waals surface area contributed by atoms with Crippen molar-refractivity contribution in [2.24, 2.45) is 0 Å². The van der Waals surface area contributed by atoms with Crippen LogP contribution < -0.4 is 16.0 Å². The Morgan fingerprint density at radius 2 is 2.06 bits per heavy atom. The lowest BCUT2D eigenvalue weighted by Crippen LogP contribution is -2.43. The predicted octanol–water partition coefficient (Wildman–Crippen LogP) is 0.178. The molecule has 0 spiro atoms. The van der Waals surface area contributed by atoms with Gasteiger partial charge in [-0.2, -0.15) is 11.8 Å². The van der Waals surface area contributed by atoms with E-state index in [0.29, 0.717) is 17.2 Å². The minimum Gasteiger partial charge on any atom is -0.358 e. The zero-order chi connectivity index (χ0) is 13.3. The Morgan fingerprint density at radius 1 is 1.41 bits per heavy atom. The number of carbonyl (C=O) groups is 2. The molecule has 0 aliphatic rings. The third kappa shape index (κ3) is 8.17. The fraction of sp³-hybridized carbons (Fsp3) is 0.667. The Hall–Kier alpha value is -0.600. The van der Waals surface area contributed by atoms with Gasteiger partial charge >= 0.3 is 0 Å². The van der Waals surface area contributed by atoms with Crippen LogP contribution in [0.5, 0.6) is 0 Å². The molecule has 0 rings (SSSR count). The molecule has 4 N–H and O–H groups in total. The molecule has 0 radical (unpaired) electrons. The summed E-state index contributed by atoms with van der Waals surface area (Å²) in [6.07, 6.45) is 0. The van der Waals surface area contributed by atoms with Crippen molar-refractivity contribution in [1.82, 2.24) is 16.0 Å². The second-order valence-corrected chi connectivity index (χ2v) is 4.95. The van der Waals surface area contributed by atoms with Gasteiger partial charge in [0, 0.05) is 40.2 Å². The van der Waals surface area contributed by atoms with E-state index in [4.69, 9.17) is 5.41 Å². The lowest BCUT2D eigenvalue weighted by molar-refractivity contribution is -0.122. The third-order valence-electron chi connectivity index (χ3n) is 1.91. The van der Waals surface area contributed by atoms with Crippen LogP contribution in [-0.2, 0) is 4.79 Å². The molecule has 0 aromatic rings. The van der Waals surface area contributed by atoms with Crippen molar-refractivity contribution >= 4 is 44.1 Å². The molecule has 0 aromatic carbocycles. The van der Waals surface area contributed by atoms with E-state index >= 15 is 0 Å². The Labute approximate surface area is 113 Å². The second kappa shape index (κ2) is 9.43. The van der Waals surface area contributed by atoms with Crippen LogP contribution in [0.1, 0.15) is 0 Å². The largest absolute Gasteiger partial charge is 0.358 e. The van der Waals surface area contributed by atoms with Crippen molar-refractivity contribution in [3.05, 3.63) is 0 Å². The molecule has 0 aliphatic heterocycles. The Bertz CT molecular complexity index is 288. The van der Waals surface area contributed by atoms with E-state index in [0.717, 1.165) is 0 Å². The molecule has 0 aliphatic carbocycles. The summed E-state index contributed by atoms with van der Waals surface area (Å²) in [5.74, 6) is 1.00. The van der Waals surface area contributed by atoms with Gasteiger partial charge in [0.1, 0.15) is 0 Å². The number of carbonyl (C=O) groups excluding carboxylic acids is 2. The number of halogens is 1. The van der Waals surface area contributed by atoms with Gasteiger partial charge in [0.25, 0.3) is 4.82 Å². The summed E-state index contributed by atoms with van der Waals surface area (Å²) in [4.78, 5) is 21.5. The van der Waals surface area contributed by atoms with E-state index in [2.05, 4.69) is 31.9 Å². The van der Waals surface area contributed by atoms with E-state index in [1.54, 1.807) is 14.1 Å². The van der Waals surface area contributed by atoms with Crippen LogP contribution in [0.25, 0.3) is 0 Å². The van der Waals surface area contributed by atoms with Crippen molar-refractivity contribution in [2.45, 2.75) is 6.04 Å². The molecule has 0 bridgehead atoms. The molecule has 0 heterocycles. The minimum atomic E-state index is -0.328. The zero-order valence-corrected chi connectivity index (χ0v) is 12.2. The van der Waals surface area contributed by atoms with Gasteiger partial charge in [0.2, 0.25) is 5.91 Å². The van der Waals surface area contributed by atoms with Crippen molar-refractivity contribution in [3.8, 4) is 0 Å². The first-order chi connectivity index (χ1) is 8.01. The first kappa shape index (κ1) is 16.4. The number of thioether (sulfide) groups is 1. The van der Waals surface area contributed by atoms with Crippen LogP contribution in [0.4, 0.5) is 4.79 Å². The summed E-state index contributed by atoms with van der Waals surface area (Å²) in [6, 6.07) is -0.261. The molecule has 1 atom stereocenters. The lowest BCUT2D eigenvalue weighted by Gasteiger charge is -2.13. The van der Waals surface area contributed by atoms with Crippen molar-refractivity contribution in [1.29, 1.82) is 5.41 Å². The molecule has 0 aromatic heterocycles. The molecule has 0 fully saturated rings. The SMILES string of the molecule is CNC(=O)C(CSCC(=N)CNC(=O)Br)NC. The highest BCUT2D eigenvalue weighted by atomic mass is 79.9. The number of amides is 2. The van der Waals surface area contributed by atoms with Crippen LogP contribution in [0.3, 0.4) is 0 Å². The maximum Gasteiger partial charge on any atom is 0.287 e. The first-order valence-electron chi connectivity index (χ1n) is 4.97. The van der Waals surface area contributed by atoms with Crippen LogP contribution in [0, 0.1) is 5.41 Å². The van der Waals surface area contributed by atoms with E-state index in [-0.39, 0.29) is 23.3 Å². The average molecular weight is 325 g/mol. The summed E-state index contributed by atoms with van der Waals surface area (Å²) in [5, 5.41) is 15.5. The summed E-state index contributed by atoms with van der Waals surface area (Å²) in [6.45, 7) is 0.223. The number of hydrogen-bond donors (Lipinski definition) is 4. The highest BCUT2D eigenvalue weighted by molar-refractivity contribution is 9.18. The monoisotopic (exact) mass is 324 g/mol. The zero-order valence-electron chi connectivity index (χ0n) is 9.80. The molecule has 2 amide bonds. The minimum absolute atomic E-state index is 0.0692. The number of rotatable bonds is 8. The van der Waals surface area contributed by atoms with Crippen molar-refractivity contribution in [2.75, 3.05) is 32.1 Å². The molecule has 98 valence electrons. The van der Waals surface area contributed by atoms with Crippen LogP contribution in [0.15, 0.2) is 0 Å². The molecule has 8 heteroatoms. The maximum absolute atomic E-state index is 11.3. The highest BCUT2D eigenvalue weighted by Crippen LogP contribution is 2.03. The Kier molecular flexibility index (Phi) is 9.10. The van der Waals surface area contributed by atoms with Crippen molar-refractivity contribution in [3.63, 3.8) is 0 Å². The molecule has 0 saturated heterocycles.